The van der Waals surface area contributed by atoms with Gasteiger partial charge in [-0.15, -0.1) is 0 Å². The second-order valence-electron chi connectivity index (χ2n) is 4.96. The first-order valence-corrected chi connectivity index (χ1v) is 6.78. The van der Waals surface area contributed by atoms with E-state index in [0.29, 0.717) is 24.3 Å². The first-order chi connectivity index (χ1) is 9.65. The van der Waals surface area contributed by atoms with Gasteiger partial charge in [-0.1, -0.05) is 12.1 Å². The molecule has 1 aromatic rings. The van der Waals surface area contributed by atoms with Gasteiger partial charge in [-0.2, -0.15) is 0 Å². The summed E-state index contributed by atoms with van der Waals surface area (Å²) < 4.78 is 5.01. The SMILES string of the molecule is COCCN(C)CCCN1C(=O)c2ccccc2C1=O. The molecule has 20 heavy (non-hydrogen) atoms. The Bertz CT molecular complexity index is 467. The van der Waals surface area contributed by atoms with Crippen molar-refractivity contribution in [2.24, 2.45) is 0 Å². The number of hydrogen-bond donors (Lipinski definition) is 0. The lowest BCUT2D eigenvalue weighted by Gasteiger charge is -2.18. The minimum absolute atomic E-state index is 0.176. The third kappa shape index (κ3) is 3.05. The smallest absolute Gasteiger partial charge is 0.261 e. The van der Waals surface area contributed by atoms with Crippen LogP contribution >= 0.6 is 0 Å². The molecule has 5 heteroatoms. The summed E-state index contributed by atoms with van der Waals surface area (Å²) in [7, 11) is 3.67. The highest BCUT2D eigenvalue weighted by Crippen LogP contribution is 2.22. The van der Waals surface area contributed by atoms with Gasteiger partial charge in [0.15, 0.2) is 0 Å². The van der Waals surface area contributed by atoms with Gasteiger partial charge in [-0.05, 0) is 32.1 Å². The van der Waals surface area contributed by atoms with Gasteiger partial charge in [0, 0.05) is 20.2 Å². The molecule has 1 aliphatic rings. The van der Waals surface area contributed by atoms with Gasteiger partial charge in [0.25, 0.3) is 11.8 Å². The average Bonchev–Trinajstić information content (AvgIpc) is 2.70. The number of amides is 2. The molecule has 1 heterocycles. The summed E-state index contributed by atoms with van der Waals surface area (Å²) in [4.78, 5) is 27.7. The monoisotopic (exact) mass is 276 g/mol. The summed E-state index contributed by atoms with van der Waals surface area (Å²) in [6, 6.07) is 6.98. The number of nitrogens with zero attached hydrogens (tertiary/aromatic N) is 2. The van der Waals surface area contributed by atoms with E-state index in [1.54, 1.807) is 31.4 Å². The molecule has 2 rings (SSSR count). The zero-order chi connectivity index (χ0) is 14.5. The van der Waals surface area contributed by atoms with Crippen LogP contribution in [0.1, 0.15) is 27.1 Å². The molecule has 0 aliphatic carbocycles. The molecule has 0 N–H and O–H groups in total. The van der Waals surface area contributed by atoms with Crippen LogP contribution in [-0.2, 0) is 4.74 Å². The van der Waals surface area contributed by atoms with Crippen molar-refractivity contribution in [3.63, 3.8) is 0 Å². The highest BCUT2D eigenvalue weighted by Gasteiger charge is 2.34. The number of methoxy groups -OCH3 is 1. The Labute approximate surface area is 119 Å². The molecule has 0 unspecified atom stereocenters. The van der Waals surface area contributed by atoms with E-state index in [4.69, 9.17) is 4.74 Å². The Kier molecular flexibility index (Phi) is 4.87. The summed E-state index contributed by atoms with van der Waals surface area (Å²) in [5.41, 5.74) is 1.04. The fourth-order valence-corrected chi connectivity index (χ4v) is 2.30. The van der Waals surface area contributed by atoms with Gasteiger partial charge in [0.05, 0.1) is 17.7 Å². The first kappa shape index (κ1) is 14.7. The van der Waals surface area contributed by atoms with Crippen molar-refractivity contribution in [3.8, 4) is 0 Å². The van der Waals surface area contributed by atoms with Crippen molar-refractivity contribution in [3.05, 3.63) is 35.4 Å². The van der Waals surface area contributed by atoms with Crippen LogP contribution in [0.3, 0.4) is 0 Å². The number of rotatable bonds is 7. The number of ether oxygens (including phenoxy) is 1. The van der Waals surface area contributed by atoms with Crippen LogP contribution in [0.5, 0.6) is 0 Å². The van der Waals surface area contributed by atoms with Gasteiger partial charge in [0.2, 0.25) is 0 Å². The number of fused-ring (bicyclic) bond motifs is 1. The van der Waals surface area contributed by atoms with Gasteiger partial charge in [-0.25, -0.2) is 0 Å². The van der Waals surface area contributed by atoms with E-state index in [1.807, 2.05) is 7.05 Å². The lowest BCUT2D eigenvalue weighted by molar-refractivity contribution is 0.0646. The van der Waals surface area contributed by atoms with Gasteiger partial charge >= 0.3 is 0 Å². The second-order valence-corrected chi connectivity index (χ2v) is 4.96. The van der Waals surface area contributed by atoms with Crippen LogP contribution in [0.15, 0.2) is 24.3 Å². The van der Waals surface area contributed by atoms with E-state index in [-0.39, 0.29) is 11.8 Å². The van der Waals surface area contributed by atoms with Crippen LogP contribution in [0.4, 0.5) is 0 Å². The summed E-state index contributed by atoms with van der Waals surface area (Å²) in [5.74, 6) is -0.352. The number of benzene rings is 1. The fraction of sp³-hybridized carbons (Fsp3) is 0.467. The molecular weight excluding hydrogens is 256 g/mol. The minimum atomic E-state index is -0.176. The number of carbonyl (C=O) groups is 2. The van der Waals surface area contributed by atoms with Crippen LogP contribution in [0.25, 0.3) is 0 Å². The molecular formula is C15H20N2O3. The Morgan fingerprint density at radius 1 is 1.10 bits per heavy atom. The van der Waals surface area contributed by atoms with Crippen LogP contribution in [0.2, 0.25) is 0 Å². The van der Waals surface area contributed by atoms with Gasteiger partial charge in [0.1, 0.15) is 0 Å². The normalized spacial score (nSPS) is 14.2. The molecule has 1 aromatic carbocycles. The number of imide groups is 1. The summed E-state index contributed by atoms with van der Waals surface area (Å²) in [5, 5.41) is 0. The van der Waals surface area contributed by atoms with Crippen molar-refractivity contribution in [1.82, 2.24) is 9.80 Å². The van der Waals surface area contributed by atoms with E-state index in [1.165, 1.54) is 4.90 Å². The van der Waals surface area contributed by atoms with Crippen molar-refractivity contribution in [2.45, 2.75) is 6.42 Å². The molecule has 2 amide bonds. The summed E-state index contributed by atoms with van der Waals surface area (Å²) in [6.45, 7) is 2.82. The van der Waals surface area contributed by atoms with E-state index in [0.717, 1.165) is 19.5 Å². The van der Waals surface area contributed by atoms with Crippen molar-refractivity contribution >= 4 is 11.8 Å². The Morgan fingerprint density at radius 3 is 2.25 bits per heavy atom. The third-order valence-electron chi connectivity index (χ3n) is 3.48. The molecule has 0 radical (unpaired) electrons. The molecule has 0 saturated carbocycles. The topological polar surface area (TPSA) is 49.9 Å². The van der Waals surface area contributed by atoms with E-state index in [9.17, 15) is 9.59 Å². The maximum atomic E-state index is 12.1. The summed E-state index contributed by atoms with van der Waals surface area (Å²) in [6.07, 6.45) is 0.770. The lowest BCUT2D eigenvalue weighted by Crippen LogP contribution is -2.33. The average molecular weight is 276 g/mol. The Hall–Kier alpha value is -1.72. The third-order valence-corrected chi connectivity index (χ3v) is 3.48. The molecule has 0 spiro atoms. The number of likely N-dealkylation sites (N-methyl/N-ethyl adjacent to an activating group) is 1. The van der Waals surface area contributed by atoms with Crippen LogP contribution in [-0.4, -0.2) is 62.0 Å². The first-order valence-electron chi connectivity index (χ1n) is 6.78. The van der Waals surface area contributed by atoms with E-state index in [2.05, 4.69) is 4.90 Å². The molecule has 0 fully saturated rings. The zero-order valence-electron chi connectivity index (χ0n) is 12.0. The predicted molar refractivity (Wildman–Crippen MR) is 75.8 cm³/mol. The Balaban J connectivity index is 1.86. The molecule has 0 aromatic heterocycles. The van der Waals surface area contributed by atoms with Crippen LogP contribution in [0, 0.1) is 0 Å². The molecule has 1 aliphatic heterocycles. The van der Waals surface area contributed by atoms with Crippen LogP contribution < -0.4 is 0 Å². The zero-order valence-corrected chi connectivity index (χ0v) is 12.0. The van der Waals surface area contributed by atoms with Crippen molar-refractivity contribution < 1.29 is 14.3 Å². The maximum absolute atomic E-state index is 12.1. The predicted octanol–water partition coefficient (Wildman–Crippen LogP) is 1.25. The molecule has 108 valence electrons. The molecule has 0 saturated heterocycles. The minimum Gasteiger partial charge on any atom is -0.383 e. The molecule has 5 nitrogen and oxygen atoms in total. The number of hydrogen-bond acceptors (Lipinski definition) is 4. The standard InChI is InChI=1S/C15H20N2O3/c1-16(10-11-20-2)8-5-9-17-14(18)12-6-3-4-7-13(12)15(17)19/h3-4,6-7H,5,8-11H2,1-2H3. The lowest BCUT2D eigenvalue weighted by atomic mass is 10.1. The quantitative estimate of drug-likeness (QED) is 0.703. The number of carbonyl (C=O) groups excluding carboxylic acids is 2. The van der Waals surface area contributed by atoms with Gasteiger partial charge in [-0.3, -0.25) is 14.5 Å². The van der Waals surface area contributed by atoms with Crippen molar-refractivity contribution in [2.75, 3.05) is 40.4 Å². The maximum Gasteiger partial charge on any atom is 0.261 e. The van der Waals surface area contributed by atoms with Gasteiger partial charge < -0.3 is 9.64 Å². The summed E-state index contributed by atoms with van der Waals surface area (Å²) >= 11 is 0. The molecule has 0 atom stereocenters. The van der Waals surface area contributed by atoms with Crippen molar-refractivity contribution in [1.29, 1.82) is 0 Å². The second kappa shape index (κ2) is 6.63. The van der Waals surface area contributed by atoms with E-state index >= 15 is 0 Å². The fourth-order valence-electron chi connectivity index (χ4n) is 2.30. The Morgan fingerprint density at radius 2 is 1.70 bits per heavy atom. The highest BCUT2D eigenvalue weighted by molar-refractivity contribution is 6.21. The molecule has 0 bridgehead atoms. The highest BCUT2D eigenvalue weighted by atomic mass is 16.5. The largest absolute Gasteiger partial charge is 0.383 e. The van der Waals surface area contributed by atoms with E-state index < -0.39 is 0 Å².